The molecule has 0 aliphatic carbocycles. The highest BCUT2D eigenvalue weighted by Gasteiger charge is 1.99. The van der Waals surface area contributed by atoms with Gasteiger partial charge in [-0.1, -0.05) is 12.1 Å². The van der Waals surface area contributed by atoms with Crippen molar-refractivity contribution in [2.45, 2.75) is 12.8 Å². The number of hydrogen-bond donors (Lipinski definition) is 0. The quantitative estimate of drug-likeness (QED) is 0.785. The molecule has 0 amide bonds. The summed E-state index contributed by atoms with van der Waals surface area (Å²) < 4.78 is 1.79. The molecule has 0 saturated carbocycles. The Balaban J connectivity index is 2.02. The van der Waals surface area contributed by atoms with E-state index in [9.17, 15) is 0 Å². The van der Waals surface area contributed by atoms with Gasteiger partial charge in [0.15, 0.2) is 0 Å². The summed E-state index contributed by atoms with van der Waals surface area (Å²) in [6, 6.07) is 8.45. The van der Waals surface area contributed by atoms with Gasteiger partial charge in [-0.25, -0.2) is 9.67 Å². The number of benzene rings is 1. The number of aromatic nitrogens is 3. The summed E-state index contributed by atoms with van der Waals surface area (Å²) in [5, 5.41) is 4.13. The maximum absolute atomic E-state index is 4.13. The van der Waals surface area contributed by atoms with Crippen LogP contribution in [0, 0.1) is 0 Å². The minimum Gasteiger partial charge on any atom is -0.309 e. The first-order chi connectivity index (χ1) is 8.25. The van der Waals surface area contributed by atoms with E-state index in [1.807, 2.05) is 6.07 Å². The molecule has 0 unspecified atom stereocenters. The van der Waals surface area contributed by atoms with Crippen molar-refractivity contribution in [1.82, 2.24) is 19.7 Å². The third-order valence-corrected chi connectivity index (χ3v) is 2.66. The molecule has 4 nitrogen and oxygen atoms in total. The van der Waals surface area contributed by atoms with Crippen molar-refractivity contribution in [2.24, 2.45) is 0 Å². The van der Waals surface area contributed by atoms with Gasteiger partial charge in [0.1, 0.15) is 12.7 Å². The molecule has 0 aliphatic rings. The zero-order chi connectivity index (χ0) is 12.1. The third-order valence-electron chi connectivity index (χ3n) is 2.66. The predicted molar refractivity (Wildman–Crippen MR) is 68.2 cm³/mol. The average Bonchev–Trinajstić information content (AvgIpc) is 2.82. The molecule has 2 aromatic rings. The molecular weight excluding hydrogens is 212 g/mol. The van der Waals surface area contributed by atoms with Gasteiger partial charge >= 0.3 is 0 Å². The lowest BCUT2D eigenvalue weighted by molar-refractivity contribution is 0.400. The zero-order valence-electron chi connectivity index (χ0n) is 10.4. The van der Waals surface area contributed by atoms with Crippen LogP contribution < -0.4 is 0 Å². The van der Waals surface area contributed by atoms with E-state index in [1.165, 1.54) is 12.0 Å². The van der Waals surface area contributed by atoms with Crippen LogP contribution in [-0.2, 0) is 6.42 Å². The number of aryl methyl sites for hydroxylation is 1. The van der Waals surface area contributed by atoms with Crippen LogP contribution in [0.3, 0.4) is 0 Å². The van der Waals surface area contributed by atoms with Crippen LogP contribution >= 0.6 is 0 Å². The van der Waals surface area contributed by atoms with Gasteiger partial charge in [0, 0.05) is 0 Å². The van der Waals surface area contributed by atoms with Gasteiger partial charge < -0.3 is 4.90 Å². The monoisotopic (exact) mass is 230 g/mol. The fourth-order valence-electron chi connectivity index (χ4n) is 1.80. The first-order valence-electron chi connectivity index (χ1n) is 5.84. The van der Waals surface area contributed by atoms with Crippen molar-refractivity contribution in [3.05, 3.63) is 42.5 Å². The highest BCUT2D eigenvalue weighted by molar-refractivity contribution is 5.34. The fourth-order valence-corrected chi connectivity index (χ4v) is 1.80. The lowest BCUT2D eigenvalue weighted by atomic mass is 10.1. The average molecular weight is 230 g/mol. The maximum Gasteiger partial charge on any atom is 0.138 e. The van der Waals surface area contributed by atoms with Crippen LogP contribution in [0.25, 0.3) is 5.69 Å². The van der Waals surface area contributed by atoms with Gasteiger partial charge in [0.2, 0.25) is 0 Å². The van der Waals surface area contributed by atoms with Crippen molar-refractivity contribution in [3.8, 4) is 5.69 Å². The van der Waals surface area contributed by atoms with E-state index in [0.29, 0.717) is 0 Å². The highest BCUT2D eigenvalue weighted by Crippen LogP contribution is 2.10. The first kappa shape index (κ1) is 11.8. The molecule has 0 aliphatic heterocycles. The molecule has 0 radical (unpaired) electrons. The minimum atomic E-state index is 1.07. The predicted octanol–water partition coefficient (Wildman–Crippen LogP) is 1.76. The smallest absolute Gasteiger partial charge is 0.138 e. The van der Waals surface area contributed by atoms with Gasteiger partial charge in [-0.15, -0.1) is 0 Å². The van der Waals surface area contributed by atoms with E-state index >= 15 is 0 Å². The van der Waals surface area contributed by atoms with E-state index in [1.54, 1.807) is 17.3 Å². The Labute approximate surface area is 102 Å². The largest absolute Gasteiger partial charge is 0.309 e. The minimum absolute atomic E-state index is 1.07. The molecular formula is C13H18N4. The molecule has 0 bridgehead atoms. The lowest BCUT2D eigenvalue weighted by Gasteiger charge is -2.09. The number of nitrogens with zero attached hydrogens (tertiary/aromatic N) is 4. The topological polar surface area (TPSA) is 34.0 Å². The van der Waals surface area contributed by atoms with Crippen molar-refractivity contribution in [2.75, 3.05) is 20.6 Å². The lowest BCUT2D eigenvalue weighted by Crippen LogP contribution is -2.13. The molecule has 0 N–H and O–H groups in total. The standard InChI is InChI=1S/C13H18N4/c1-16(2)8-4-6-12-5-3-7-13(9-12)17-11-14-10-15-17/h3,5,7,9-11H,4,6,8H2,1-2H3. The van der Waals surface area contributed by atoms with E-state index in [0.717, 1.165) is 18.7 Å². The van der Waals surface area contributed by atoms with Crippen molar-refractivity contribution in [1.29, 1.82) is 0 Å². The normalized spacial score (nSPS) is 11.0. The molecule has 0 fully saturated rings. The van der Waals surface area contributed by atoms with Gasteiger partial charge in [0.25, 0.3) is 0 Å². The first-order valence-corrected chi connectivity index (χ1v) is 5.84. The molecule has 1 heterocycles. The SMILES string of the molecule is CN(C)CCCc1cccc(-n2cncn2)c1. The molecule has 0 atom stereocenters. The summed E-state index contributed by atoms with van der Waals surface area (Å²) >= 11 is 0. The van der Waals surface area contributed by atoms with E-state index in [-0.39, 0.29) is 0 Å². The molecule has 17 heavy (non-hydrogen) atoms. The van der Waals surface area contributed by atoms with Crippen LogP contribution in [0.15, 0.2) is 36.9 Å². The van der Waals surface area contributed by atoms with Gasteiger partial charge in [-0.2, -0.15) is 5.10 Å². The Morgan fingerprint density at radius 2 is 2.18 bits per heavy atom. The molecule has 2 rings (SSSR count). The number of hydrogen-bond acceptors (Lipinski definition) is 3. The number of rotatable bonds is 5. The second-order valence-electron chi connectivity index (χ2n) is 4.42. The van der Waals surface area contributed by atoms with Gasteiger partial charge in [0.05, 0.1) is 5.69 Å². The van der Waals surface area contributed by atoms with E-state index in [2.05, 4.69) is 47.3 Å². The Hall–Kier alpha value is -1.68. The van der Waals surface area contributed by atoms with Crippen LogP contribution in [0.2, 0.25) is 0 Å². The van der Waals surface area contributed by atoms with Gasteiger partial charge in [-0.3, -0.25) is 0 Å². The van der Waals surface area contributed by atoms with Gasteiger partial charge in [-0.05, 0) is 51.2 Å². The second-order valence-corrected chi connectivity index (χ2v) is 4.42. The third kappa shape index (κ3) is 3.39. The Morgan fingerprint density at radius 3 is 2.88 bits per heavy atom. The zero-order valence-corrected chi connectivity index (χ0v) is 10.4. The maximum atomic E-state index is 4.13. The van der Waals surface area contributed by atoms with Crippen LogP contribution in [0.1, 0.15) is 12.0 Å². The summed E-state index contributed by atoms with van der Waals surface area (Å²) in [5.74, 6) is 0. The van der Waals surface area contributed by atoms with Crippen molar-refractivity contribution in [3.63, 3.8) is 0 Å². The molecule has 0 spiro atoms. The molecule has 90 valence electrons. The summed E-state index contributed by atoms with van der Waals surface area (Å²) in [5.41, 5.74) is 2.42. The van der Waals surface area contributed by atoms with E-state index < -0.39 is 0 Å². The molecule has 0 saturated heterocycles. The van der Waals surface area contributed by atoms with Crippen molar-refractivity contribution >= 4 is 0 Å². The summed E-state index contributed by atoms with van der Waals surface area (Å²) in [6.45, 7) is 1.12. The van der Waals surface area contributed by atoms with Crippen LogP contribution in [0.4, 0.5) is 0 Å². The van der Waals surface area contributed by atoms with Crippen LogP contribution in [0.5, 0.6) is 0 Å². The van der Waals surface area contributed by atoms with E-state index in [4.69, 9.17) is 0 Å². The Morgan fingerprint density at radius 1 is 1.29 bits per heavy atom. The van der Waals surface area contributed by atoms with Crippen molar-refractivity contribution < 1.29 is 0 Å². The summed E-state index contributed by atoms with van der Waals surface area (Å²) in [6.07, 6.45) is 5.55. The Kier molecular flexibility index (Phi) is 3.88. The highest BCUT2D eigenvalue weighted by atomic mass is 15.3. The van der Waals surface area contributed by atoms with Crippen LogP contribution in [-0.4, -0.2) is 40.3 Å². The Bertz CT molecular complexity index is 448. The fraction of sp³-hybridized carbons (Fsp3) is 0.385. The molecule has 1 aromatic carbocycles. The summed E-state index contributed by atoms with van der Waals surface area (Å²) in [4.78, 5) is 6.17. The molecule has 1 aromatic heterocycles. The second kappa shape index (κ2) is 5.59. The molecule has 4 heteroatoms. The summed E-state index contributed by atoms with van der Waals surface area (Å²) in [7, 11) is 4.21.